The number of hydrogen-bond donors (Lipinski definition) is 1. The molecule has 1 N–H and O–H groups in total. The Labute approximate surface area is 172 Å². The number of aromatic hydroxyl groups is 1. The zero-order valence-corrected chi connectivity index (χ0v) is 16.3. The molecule has 0 radical (unpaired) electrons. The van der Waals surface area contributed by atoms with Crippen LogP contribution in [-0.4, -0.2) is 21.1 Å². The van der Waals surface area contributed by atoms with Gasteiger partial charge in [-0.2, -0.15) is 13.2 Å². The van der Waals surface area contributed by atoms with Crippen LogP contribution in [0.1, 0.15) is 34.8 Å². The fourth-order valence-electron chi connectivity index (χ4n) is 3.98. The number of hydrogen-bond acceptors (Lipinski definition) is 2. The molecule has 0 fully saturated rings. The lowest BCUT2D eigenvalue weighted by molar-refractivity contribution is -0.137. The zero-order valence-electron chi connectivity index (χ0n) is 15.5. The summed E-state index contributed by atoms with van der Waals surface area (Å²) in [6.07, 6.45) is -1.60. The predicted octanol–water partition coefficient (Wildman–Crippen LogP) is 5.86. The van der Waals surface area contributed by atoms with Crippen molar-refractivity contribution in [3.63, 3.8) is 0 Å². The fourth-order valence-corrected chi connectivity index (χ4v) is 4.17. The Kier molecular flexibility index (Phi) is 5.32. The first kappa shape index (κ1) is 19.9. The van der Waals surface area contributed by atoms with Crippen molar-refractivity contribution in [3.05, 3.63) is 88.2 Å². The second-order valence-electron chi connectivity index (χ2n) is 7.25. The van der Waals surface area contributed by atoms with Gasteiger partial charge >= 0.3 is 6.18 Å². The number of aromatic nitrogens is 1. The molecule has 3 nitrogen and oxygen atoms in total. The van der Waals surface area contributed by atoms with Gasteiger partial charge in [0.05, 0.1) is 11.6 Å². The van der Waals surface area contributed by atoms with Crippen LogP contribution in [0.2, 0.25) is 5.02 Å². The van der Waals surface area contributed by atoms with Gasteiger partial charge in [-0.1, -0.05) is 23.7 Å². The summed E-state index contributed by atoms with van der Waals surface area (Å²) in [5.41, 5.74) is 1.49. The van der Waals surface area contributed by atoms with E-state index in [9.17, 15) is 18.3 Å². The van der Waals surface area contributed by atoms with Crippen LogP contribution < -0.4 is 0 Å². The van der Waals surface area contributed by atoms with Crippen molar-refractivity contribution < 1.29 is 18.3 Å². The van der Waals surface area contributed by atoms with E-state index in [-0.39, 0.29) is 11.8 Å². The molecule has 0 saturated heterocycles. The first-order chi connectivity index (χ1) is 13.8. The first-order valence-electron chi connectivity index (χ1n) is 9.36. The van der Waals surface area contributed by atoms with E-state index in [0.29, 0.717) is 29.2 Å². The summed E-state index contributed by atoms with van der Waals surface area (Å²) in [5, 5.41) is 10.8. The molecule has 1 aliphatic heterocycles. The van der Waals surface area contributed by atoms with Crippen molar-refractivity contribution in [3.8, 4) is 5.75 Å². The van der Waals surface area contributed by atoms with Crippen molar-refractivity contribution in [2.24, 2.45) is 0 Å². The molecule has 1 aromatic heterocycles. The highest BCUT2D eigenvalue weighted by Gasteiger charge is 2.33. The summed E-state index contributed by atoms with van der Waals surface area (Å²) in [7, 11) is 0. The topological polar surface area (TPSA) is 28.4 Å². The SMILES string of the molecule is Oc1ccc(Cl)cc1CN1CCCn2cccc2C1c1cccc(C(F)(F)F)c1. The van der Waals surface area contributed by atoms with Gasteiger partial charge in [-0.05, 0) is 54.4 Å². The largest absolute Gasteiger partial charge is 0.508 e. The van der Waals surface area contributed by atoms with E-state index in [1.165, 1.54) is 18.2 Å². The summed E-state index contributed by atoms with van der Waals surface area (Å²) in [5.74, 6) is 0.122. The van der Waals surface area contributed by atoms with Crippen molar-refractivity contribution in [2.45, 2.75) is 31.7 Å². The smallest absolute Gasteiger partial charge is 0.416 e. The van der Waals surface area contributed by atoms with Crippen LogP contribution in [0.5, 0.6) is 5.75 Å². The van der Waals surface area contributed by atoms with Crippen molar-refractivity contribution >= 4 is 11.6 Å². The van der Waals surface area contributed by atoms with Gasteiger partial charge in [0.15, 0.2) is 0 Å². The van der Waals surface area contributed by atoms with E-state index < -0.39 is 11.7 Å². The Morgan fingerprint density at radius 2 is 1.86 bits per heavy atom. The molecule has 152 valence electrons. The minimum Gasteiger partial charge on any atom is -0.508 e. The average Bonchev–Trinajstić information content (AvgIpc) is 3.05. The first-order valence-corrected chi connectivity index (χ1v) is 9.74. The second-order valence-corrected chi connectivity index (χ2v) is 7.69. The number of rotatable bonds is 3. The van der Waals surface area contributed by atoms with E-state index in [1.807, 2.05) is 18.3 Å². The standard InChI is InChI=1S/C22H20ClF3N2O/c23-18-7-8-20(29)16(13-18)14-28-11-3-10-27-9-2-6-19(27)21(28)15-4-1-5-17(12-15)22(24,25)26/h1-2,4-9,12-13,21,29H,3,10-11,14H2. The molecule has 2 aromatic carbocycles. The molecule has 1 unspecified atom stereocenters. The van der Waals surface area contributed by atoms with Crippen LogP contribution in [0, 0.1) is 0 Å². The molecule has 0 saturated carbocycles. The van der Waals surface area contributed by atoms with Crippen LogP contribution in [-0.2, 0) is 19.3 Å². The quantitative estimate of drug-likeness (QED) is 0.574. The summed E-state index contributed by atoms with van der Waals surface area (Å²) in [6, 6.07) is 13.8. The number of phenolic OH excluding ortho intramolecular Hbond substituents is 1. The van der Waals surface area contributed by atoms with Crippen LogP contribution >= 0.6 is 11.6 Å². The highest BCUT2D eigenvalue weighted by atomic mass is 35.5. The maximum absolute atomic E-state index is 13.3. The minimum atomic E-state index is -4.40. The summed E-state index contributed by atoms with van der Waals surface area (Å²) < 4.78 is 42.1. The van der Waals surface area contributed by atoms with Gasteiger partial charge in [0.25, 0.3) is 0 Å². The number of aryl methyl sites for hydroxylation is 1. The van der Waals surface area contributed by atoms with Gasteiger partial charge in [0.2, 0.25) is 0 Å². The van der Waals surface area contributed by atoms with E-state index in [4.69, 9.17) is 11.6 Å². The monoisotopic (exact) mass is 420 g/mol. The number of halogens is 4. The highest BCUT2D eigenvalue weighted by molar-refractivity contribution is 6.30. The lowest BCUT2D eigenvalue weighted by Gasteiger charge is -2.31. The normalized spacial score (nSPS) is 17.7. The average molecular weight is 421 g/mol. The maximum atomic E-state index is 13.3. The maximum Gasteiger partial charge on any atom is 0.416 e. The van der Waals surface area contributed by atoms with Gasteiger partial charge in [0.1, 0.15) is 5.75 Å². The molecule has 4 rings (SSSR count). The number of alkyl halides is 3. The Morgan fingerprint density at radius 1 is 1.03 bits per heavy atom. The van der Waals surface area contributed by atoms with Crippen LogP contribution in [0.15, 0.2) is 60.8 Å². The van der Waals surface area contributed by atoms with Crippen molar-refractivity contribution in [2.75, 3.05) is 6.54 Å². The van der Waals surface area contributed by atoms with Crippen LogP contribution in [0.4, 0.5) is 13.2 Å². The number of benzene rings is 2. The third-order valence-electron chi connectivity index (χ3n) is 5.30. The molecule has 3 aromatic rings. The number of fused-ring (bicyclic) bond motifs is 1. The van der Waals surface area contributed by atoms with E-state index in [0.717, 1.165) is 24.7 Å². The van der Waals surface area contributed by atoms with E-state index >= 15 is 0 Å². The van der Waals surface area contributed by atoms with Crippen LogP contribution in [0.25, 0.3) is 0 Å². The van der Waals surface area contributed by atoms with Gasteiger partial charge in [0, 0.05) is 42.1 Å². The molecule has 2 heterocycles. The highest BCUT2D eigenvalue weighted by Crippen LogP contribution is 2.37. The summed E-state index contributed by atoms with van der Waals surface area (Å²) in [6.45, 7) is 1.84. The summed E-state index contributed by atoms with van der Waals surface area (Å²) >= 11 is 6.10. The van der Waals surface area contributed by atoms with Gasteiger partial charge < -0.3 is 9.67 Å². The van der Waals surface area contributed by atoms with Gasteiger partial charge in [-0.3, -0.25) is 4.90 Å². The minimum absolute atomic E-state index is 0.122. The predicted molar refractivity (Wildman–Crippen MR) is 106 cm³/mol. The molecule has 29 heavy (non-hydrogen) atoms. The lowest BCUT2D eigenvalue weighted by atomic mass is 9.98. The third-order valence-corrected chi connectivity index (χ3v) is 5.53. The van der Waals surface area contributed by atoms with Crippen molar-refractivity contribution in [1.29, 1.82) is 0 Å². The molecule has 1 atom stereocenters. The Hall–Kier alpha value is -2.44. The molecule has 7 heteroatoms. The Morgan fingerprint density at radius 3 is 2.66 bits per heavy atom. The molecular formula is C22H20ClF3N2O. The molecule has 1 aliphatic rings. The van der Waals surface area contributed by atoms with Crippen molar-refractivity contribution in [1.82, 2.24) is 9.47 Å². The Bertz CT molecular complexity index is 1020. The van der Waals surface area contributed by atoms with Gasteiger partial charge in [-0.25, -0.2) is 0 Å². The molecular weight excluding hydrogens is 401 g/mol. The molecule has 0 bridgehead atoms. The zero-order chi connectivity index (χ0) is 20.6. The van der Waals surface area contributed by atoms with E-state index in [2.05, 4.69) is 9.47 Å². The number of phenols is 1. The molecule has 0 spiro atoms. The van der Waals surface area contributed by atoms with E-state index in [1.54, 1.807) is 18.2 Å². The summed E-state index contributed by atoms with van der Waals surface area (Å²) in [4.78, 5) is 2.10. The number of nitrogens with zero attached hydrogens (tertiary/aromatic N) is 2. The van der Waals surface area contributed by atoms with Crippen LogP contribution in [0.3, 0.4) is 0 Å². The van der Waals surface area contributed by atoms with Gasteiger partial charge in [-0.15, -0.1) is 0 Å². The molecule has 0 amide bonds. The molecule has 0 aliphatic carbocycles. The third kappa shape index (κ3) is 4.14. The fraction of sp³-hybridized carbons (Fsp3) is 0.273. The lowest BCUT2D eigenvalue weighted by Crippen LogP contribution is -2.29. The second kappa shape index (κ2) is 7.76. The Balaban J connectivity index is 1.79.